The summed E-state index contributed by atoms with van der Waals surface area (Å²) >= 11 is 6.05. The molecule has 0 saturated carbocycles. The van der Waals surface area contributed by atoms with Crippen LogP contribution in [-0.4, -0.2) is 34.2 Å². The van der Waals surface area contributed by atoms with Crippen molar-refractivity contribution in [1.82, 2.24) is 14.5 Å². The van der Waals surface area contributed by atoms with Crippen molar-refractivity contribution in [3.05, 3.63) is 51.5 Å². The van der Waals surface area contributed by atoms with E-state index in [2.05, 4.69) is 9.97 Å². The Morgan fingerprint density at radius 1 is 1.32 bits per heavy atom. The second-order valence-corrected chi connectivity index (χ2v) is 6.90. The number of rotatable bonds is 4. The molecule has 1 aliphatic rings. The molecule has 10 heteroatoms. The summed E-state index contributed by atoms with van der Waals surface area (Å²) in [5, 5.41) is 0.413. The third kappa shape index (κ3) is 3.19. The fourth-order valence-corrected chi connectivity index (χ4v) is 3.48. The van der Waals surface area contributed by atoms with E-state index in [4.69, 9.17) is 16.3 Å². The van der Waals surface area contributed by atoms with Crippen LogP contribution in [0.1, 0.15) is 18.5 Å². The van der Waals surface area contributed by atoms with Crippen molar-refractivity contribution < 1.29 is 17.9 Å². The van der Waals surface area contributed by atoms with Crippen molar-refractivity contribution in [2.24, 2.45) is 0 Å². The van der Waals surface area contributed by atoms with Gasteiger partial charge in [0.25, 0.3) is 0 Å². The van der Waals surface area contributed by atoms with Gasteiger partial charge in [-0.15, -0.1) is 0 Å². The summed E-state index contributed by atoms with van der Waals surface area (Å²) < 4.78 is 45.6. The number of H-pyrrole nitrogens is 1. The van der Waals surface area contributed by atoms with E-state index in [9.17, 15) is 18.0 Å². The van der Waals surface area contributed by atoms with E-state index in [1.165, 1.54) is 16.8 Å². The molecule has 1 saturated heterocycles. The maximum atomic E-state index is 12.9. The van der Waals surface area contributed by atoms with E-state index in [-0.39, 0.29) is 11.6 Å². The molecule has 2 aromatic heterocycles. The van der Waals surface area contributed by atoms with E-state index in [1.807, 2.05) is 11.8 Å². The lowest BCUT2D eigenvalue weighted by molar-refractivity contribution is -0.137. The minimum Gasteiger partial charge on any atom is -0.492 e. The van der Waals surface area contributed by atoms with Crippen molar-refractivity contribution in [1.29, 1.82) is 0 Å². The average molecular weight is 413 g/mol. The minimum absolute atomic E-state index is 0.168. The Bertz CT molecular complexity index is 1090. The standard InChI is InChI=1S/C18H16ClF3N4O2/c1-2-28-15-6-16(23-7-12(15)19)25-8-11(9-25)26-14-4-3-10(18(20,21)22)5-13(14)24-17(26)27/h3-7,11H,2,8-9H2,1H3,(H,24,27). The first-order chi connectivity index (χ1) is 13.3. The fraction of sp³-hybridized carbons (Fsp3) is 0.333. The highest BCUT2D eigenvalue weighted by molar-refractivity contribution is 6.32. The van der Waals surface area contributed by atoms with E-state index in [0.717, 1.165) is 12.1 Å². The monoisotopic (exact) mass is 412 g/mol. The quantitative estimate of drug-likeness (QED) is 0.707. The molecule has 1 fully saturated rings. The van der Waals surface area contributed by atoms with Gasteiger partial charge in [0.1, 0.15) is 16.6 Å². The van der Waals surface area contributed by atoms with Crippen LogP contribution in [0.15, 0.2) is 35.3 Å². The van der Waals surface area contributed by atoms with Crippen LogP contribution < -0.4 is 15.3 Å². The van der Waals surface area contributed by atoms with Crippen LogP contribution >= 0.6 is 11.6 Å². The number of pyridine rings is 1. The predicted molar refractivity (Wildman–Crippen MR) is 99.2 cm³/mol. The number of aromatic amines is 1. The number of ether oxygens (including phenoxy) is 1. The Labute approximate surface area is 162 Å². The first-order valence-electron chi connectivity index (χ1n) is 8.62. The van der Waals surface area contributed by atoms with Gasteiger partial charge in [0.05, 0.1) is 35.4 Å². The molecule has 1 aromatic carbocycles. The lowest BCUT2D eigenvalue weighted by Crippen LogP contribution is -2.50. The van der Waals surface area contributed by atoms with Gasteiger partial charge in [-0.3, -0.25) is 4.57 Å². The molecule has 0 bridgehead atoms. The van der Waals surface area contributed by atoms with Gasteiger partial charge in [0, 0.05) is 19.2 Å². The summed E-state index contributed by atoms with van der Waals surface area (Å²) in [4.78, 5) is 21.0. The Hall–Kier alpha value is -2.68. The van der Waals surface area contributed by atoms with Gasteiger partial charge in [-0.2, -0.15) is 13.2 Å². The minimum atomic E-state index is -4.46. The summed E-state index contributed by atoms with van der Waals surface area (Å²) in [7, 11) is 0. The number of alkyl halides is 3. The number of benzene rings is 1. The number of nitrogens with zero attached hydrogens (tertiary/aromatic N) is 3. The molecule has 0 spiro atoms. The molecule has 1 N–H and O–H groups in total. The van der Waals surface area contributed by atoms with Crippen molar-refractivity contribution in [3.63, 3.8) is 0 Å². The largest absolute Gasteiger partial charge is 0.492 e. The molecule has 28 heavy (non-hydrogen) atoms. The first-order valence-corrected chi connectivity index (χ1v) is 9.00. The Kier molecular flexibility index (Phi) is 4.49. The molecule has 6 nitrogen and oxygen atoms in total. The predicted octanol–water partition coefficient (Wildman–Crippen LogP) is 3.86. The van der Waals surface area contributed by atoms with E-state index >= 15 is 0 Å². The van der Waals surface area contributed by atoms with Gasteiger partial charge in [0.2, 0.25) is 0 Å². The molecule has 148 valence electrons. The maximum Gasteiger partial charge on any atom is 0.416 e. The van der Waals surface area contributed by atoms with Crippen molar-refractivity contribution in [2.45, 2.75) is 19.1 Å². The summed E-state index contributed by atoms with van der Waals surface area (Å²) in [5.41, 5.74) is -0.612. The zero-order chi connectivity index (χ0) is 20.1. The molecular formula is C18H16ClF3N4O2. The smallest absolute Gasteiger partial charge is 0.416 e. The molecule has 0 aliphatic carbocycles. The van der Waals surface area contributed by atoms with Gasteiger partial charge in [-0.25, -0.2) is 9.78 Å². The van der Waals surface area contributed by atoms with Gasteiger partial charge in [-0.1, -0.05) is 11.6 Å². The third-order valence-corrected chi connectivity index (χ3v) is 4.98. The van der Waals surface area contributed by atoms with Gasteiger partial charge < -0.3 is 14.6 Å². The van der Waals surface area contributed by atoms with E-state index in [1.54, 1.807) is 6.07 Å². The molecule has 1 aliphatic heterocycles. The van der Waals surface area contributed by atoms with Gasteiger partial charge in [0.15, 0.2) is 0 Å². The fourth-order valence-electron chi connectivity index (χ4n) is 3.32. The molecule has 0 atom stereocenters. The Morgan fingerprint density at radius 2 is 2.07 bits per heavy atom. The van der Waals surface area contributed by atoms with Crippen LogP contribution in [-0.2, 0) is 6.18 Å². The highest BCUT2D eigenvalue weighted by Gasteiger charge is 2.34. The van der Waals surface area contributed by atoms with Crippen molar-refractivity contribution in [3.8, 4) is 5.75 Å². The Morgan fingerprint density at radius 3 is 2.75 bits per heavy atom. The van der Waals surface area contributed by atoms with Crippen LogP contribution in [0.2, 0.25) is 5.02 Å². The van der Waals surface area contributed by atoms with Gasteiger partial charge in [-0.05, 0) is 25.1 Å². The number of hydrogen-bond acceptors (Lipinski definition) is 4. The maximum absolute atomic E-state index is 12.9. The number of fused-ring (bicyclic) bond motifs is 1. The third-order valence-electron chi connectivity index (χ3n) is 4.70. The molecule has 0 amide bonds. The number of hydrogen-bond donors (Lipinski definition) is 1. The molecule has 3 heterocycles. The van der Waals surface area contributed by atoms with Crippen LogP contribution in [0.25, 0.3) is 11.0 Å². The number of anilines is 1. The summed E-state index contributed by atoms with van der Waals surface area (Å²) in [5.74, 6) is 1.19. The van der Waals surface area contributed by atoms with Crippen LogP contribution in [0.5, 0.6) is 5.75 Å². The van der Waals surface area contributed by atoms with Gasteiger partial charge >= 0.3 is 11.9 Å². The number of imidazole rings is 1. The number of halogens is 4. The van der Waals surface area contributed by atoms with Crippen LogP contribution in [0.3, 0.4) is 0 Å². The molecular weight excluding hydrogens is 397 g/mol. The second-order valence-electron chi connectivity index (χ2n) is 6.49. The SMILES string of the molecule is CCOc1cc(N2CC(n3c(=O)[nH]c4cc(C(F)(F)F)ccc43)C2)ncc1Cl. The van der Waals surface area contributed by atoms with Crippen molar-refractivity contribution in [2.75, 3.05) is 24.6 Å². The zero-order valence-electron chi connectivity index (χ0n) is 14.8. The van der Waals surface area contributed by atoms with Crippen molar-refractivity contribution >= 4 is 28.5 Å². The summed E-state index contributed by atoms with van der Waals surface area (Å²) in [6.07, 6.45) is -2.95. The average Bonchev–Trinajstić information content (AvgIpc) is 2.91. The highest BCUT2D eigenvalue weighted by Crippen LogP contribution is 2.34. The molecule has 4 rings (SSSR count). The first kappa shape index (κ1) is 18.7. The van der Waals surface area contributed by atoms with Crippen LogP contribution in [0.4, 0.5) is 19.0 Å². The Balaban J connectivity index is 1.58. The second kappa shape index (κ2) is 6.73. The van der Waals surface area contributed by atoms with E-state index in [0.29, 0.717) is 41.8 Å². The number of aromatic nitrogens is 3. The normalized spacial score (nSPS) is 15.1. The highest BCUT2D eigenvalue weighted by atomic mass is 35.5. The molecule has 3 aromatic rings. The summed E-state index contributed by atoms with van der Waals surface area (Å²) in [6, 6.07) is 4.82. The summed E-state index contributed by atoms with van der Waals surface area (Å²) in [6.45, 7) is 3.31. The van der Waals surface area contributed by atoms with E-state index < -0.39 is 17.4 Å². The lowest BCUT2D eigenvalue weighted by Gasteiger charge is -2.40. The molecule has 0 unspecified atom stereocenters. The number of nitrogens with one attached hydrogen (secondary N) is 1. The topological polar surface area (TPSA) is 63.1 Å². The lowest BCUT2D eigenvalue weighted by atomic mass is 10.1. The zero-order valence-corrected chi connectivity index (χ0v) is 15.5. The molecule has 0 radical (unpaired) electrons. The van der Waals surface area contributed by atoms with Crippen LogP contribution in [0, 0.1) is 0 Å².